The van der Waals surface area contributed by atoms with Crippen molar-refractivity contribution in [2.24, 2.45) is 11.7 Å². The van der Waals surface area contributed by atoms with Gasteiger partial charge in [0, 0.05) is 12.2 Å². The summed E-state index contributed by atoms with van der Waals surface area (Å²) < 4.78 is 0. The number of thioether (sulfide) groups is 1. The Kier molecular flexibility index (Phi) is 8.89. The summed E-state index contributed by atoms with van der Waals surface area (Å²) in [5.41, 5.74) is 4.97. The summed E-state index contributed by atoms with van der Waals surface area (Å²) in [6.07, 6.45) is 1.10. The van der Waals surface area contributed by atoms with Crippen molar-refractivity contribution >= 4 is 23.6 Å². The summed E-state index contributed by atoms with van der Waals surface area (Å²) in [6, 6.07) is -0.177. The van der Waals surface area contributed by atoms with E-state index < -0.39 is 0 Å². The maximum Gasteiger partial charge on any atom is 0.227 e. The Balaban J connectivity index is 3.71. The second kappa shape index (κ2) is 9.30. The van der Waals surface area contributed by atoms with E-state index in [2.05, 4.69) is 5.32 Å². The van der Waals surface area contributed by atoms with Crippen molar-refractivity contribution in [2.45, 2.75) is 32.7 Å². The number of nitrogens with two attached hydrogens (primary N) is 1. The SMILES string of the molecule is CC(C)CC(CO)NC(=O)CCSCC(N)=O. The minimum Gasteiger partial charge on any atom is -0.394 e. The highest BCUT2D eigenvalue weighted by molar-refractivity contribution is 7.99. The molecule has 0 aromatic carbocycles. The number of amides is 2. The van der Waals surface area contributed by atoms with E-state index in [0.29, 0.717) is 18.1 Å². The van der Waals surface area contributed by atoms with Gasteiger partial charge in [0.15, 0.2) is 0 Å². The van der Waals surface area contributed by atoms with Crippen LogP contribution in [0.2, 0.25) is 0 Å². The summed E-state index contributed by atoms with van der Waals surface area (Å²) >= 11 is 1.34. The molecule has 4 N–H and O–H groups in total. The lowest BCUT2D eigenvalue weighted by molar-refractivity contribution is -0.121. The first-order chi connectivity index (χ1) is 7.95. The molecule has 0 aliphatic carbocycles. The van der Waals surface area contributed by atoms with Gasteiger partial charge in [-0.05, 0) is 12.3 Å². The van der Waals surface area contributed by atoms with Gasteiger partial charge in [0.25, 0.3) is 0 Å². The first-order valence-electron chi connectivity index (χ1n) is 5.72. The lowest BCUT2D eigenvalue weighted by Crippen LogP contribution is -2.38. The van der Waals surface area contributed by atoms with E-state index >= 15 is 0 Å². The Hall–Kier alpha value is -0.750. The minimum absolute atomic E-state index is 0.0433. The van der Waals surface area contributed by atoms with E-state index in [9.17, 15) is 9.59 Å². The minimum atomic E-state index is -0.372. The molecule has 1 atom stereocenters. The van der Waals surface area contributed by atoms with Gasteiger partial charge in [-0.25, -0.2) is 0 Å². The first-order valence-corrected chi connectivity index (χ1v) is 6.87. The third kappa shape index (κ3) is 10.1. The number of nitrogens with one attached hydrogen (secondary N) is 1. The fraction of sp³-hybridized carbons (Fsp3) is 0.818. The summed E-state index contributed by atoms with van der Waals surface area (Å²) in [5, 5.41) is 11.9. The van der Waals surface area contributed by atoms with Crippen molar-refractivity contribution < 1.29 is 14.7 Å². The summed E-state index contributed by atoms with van der Waals surface area (Å²) in [7, 11) is 0. The third-order valence-electron chi connectivity index (χ3n) is 2.06. The van der Waals surface area contributed by atoms with Gasteiger partial charge in [-0.15, -0.1) is 0 Å². The van der Waals surface area contributed by atoms with Crippen LogP contribution in [-0.2, 0) is 9.59 Å². The highest BCUT2D eigenvalue weighted by Gasteiger charge is 2.12. The Labute approximate surface area is 107 Å². The highest BCUT2D eigenvalue weighted by Crippen LogP contribution is 2.05. The maximum absolute atomic E-state index is 11.5. The Morgan fingerprint density at radius 1 is 1.41 bits per heavy atom. The predicted octanol–water partition coefficient (Wildman–Crippen LogP) is 0.118. The summed E-state index contributed by atoms with van der Waals surface area (Å²) in [5.74, 6) is 0.763. The van der Waals surface area contributed by atoms with Crippen molar-refractivity contribution in [2.75, 3.05) is 18.1 Å². The van der Waals surface area contributed by atoms with E-state index in [-0.39, 0.29) is 30.2 Å². The topological polar surface area (TPSA) is 92.4 Å². The number of rotatable bonds is 9. The molecule has 0 rings (SSSR count). The van der Waals surface area contributed by atoms with Gasteiger partial charge >= 0.3 is 0 Å². The van der Waals surface area contributed by atoms with Gasteiger partial charge in [-0.2, -0.15) is 11.8 Å². The molecule has 0 fully saturated rings. The average Bonchev–Trinajstić information content (AvgIpc) is 2.22. The van der Waals surface area contributed by atoms with Crippen LogP contribution in [0.5, 0.6) is 0 Å². The molecule has 0 spiro atoms. The number of aliphatic hydroxyl groups is 1. The zero-order chi connectivity index (χ0) is 13.3. The molecular formula is C11H22N2O3S. The van der Waals surface area contributed by atoms with Crippen molar-refractivity contribution in [3.8, 4) is 0 Å². The van der Waals surface area contributed by atoms with E-state index in [1.165, 1.54) is 11.8 Å². The molecule has 17 heavy (non-hydrogen) atoms. The molecule has 2 amide bonds. The Bertz CT molecular complexity index is 247. The van der Waals surface area contributed by atoms with Crippen LogP contribution in [0.4, 0.5) is 0 Å². The molecule has 0 aliphatic heterocycles. The van der Waals surface area contributed by atoms with Gasteiger partial charge in [-0.3, -0.25) is 9.59 Å². The van der Waals surface area contributed by atoms with Crippen molar-refractivity contribution in [3.05, 3.63) is 0 Å². The van der Waals surface area contributed by atoms with Crippen LogP contribution in [0.1, 0.15) is 26.7 Å². The smallest absolute Gasteiger partial charge is 0.227 e. The van der Waals surface area contributed by atoms with Crippen LogP contribution in [0.15, 0.2) is 0 Å². The molecule has 0 aliphatic rings. The summed E-state index contributed by atoms with van der Waals surface area (Å²) in [6.45, 7) is 4.04. The molecule has 0 saturated heterocycles. The van der Waals surface area contributed by atoms with Crippen molar-refractivity contribution in [1.29, 1.82) is 0 Å². The molecule has 0 radical (unpaired) electrons. The molecule has 1 unspecified atom stereocenters. The average molecular weight is 262 g/mol. The fourth-order valence-corrected chi connectivity index (χ4v) is 2.06. The quantitative estimate of drug-likeness (QED) is 0.515. The molecule has 6 heteroatoms. The lowest BCUT2D eigenvalue weighted by Gasteiger charge is -2.18. The largest absolute Gasteiger partial charge is 0.394 e. The maximum atomic E-state index is 11.5. The van der Waals surface area contributed by atoms with E-state index in [1.54, 1.807) is 0 Å². The van der Waals surface area contributed by atoms with Gasteiger partial charge in [0.2, 0.25) is 11.8 Å². The number of aliphatic hydroxyl groups excluding tert-OH is 1. The zero-order valence-electron chi connectivity index (χ0n) is 10.4. The lowest BCUT2D eigenvalue weighted by atomic mass is 10.0. The zero-order valence-corrected chi connectivity index (χ0v) is 11.3. The van der Waals surface area contributed by atoms with Gasteiger partial charge in [-0.1, -0.05) is 13.8 Å². The molecule has 100 valence electrons. The van der Waals surface area contributed by atoms with Gasteiger partial charge in [0.05, 0.1) is 18.4 Å². The van der Waals surface area contributed by atoms with Crippen LogP contribution in [0, 0.1) is 5.92 Å². The van der Waals surface area contributed by atoms with Crippen molar-refractivity contribution in [1.82, 2.24) is 5.32 Å². The normalized spacial score (nSPS) is 12.5. The molecule has 0 aromatic rings. The number of carbonyl (C=O) groups excluding carboxylic acids is 2. The Morgan fingerprint density at radius 3 is 2.53 bits per heavy atom. The van der Waals surface area contributed by atoms with Crippen LogP contribution >= 0.6 is 11.8 Å². The Morgan fingerprint density at radius 2 is 2.06 bits per heavy atom. The molecule has 0 bridgehead atoms. The molecule has 5 nitrogen and oxygen atoms in total. The molecule has 0 aromatic heterocycles. The van der Waals surface area contributed by atoms with E-state index in [0.717, 1.165) is 6.42 Å². The summed E-state index contributed by atoms with van der Waals surface area (Å²) in [4.78, 5) is 21.9. The van der Waals surface area contributed by atoms with E-state index in [1.807, 2.05) is 13.8 Å². The van der Waals surface area contributed by atoms with Gasteiger partial charge in [0.1, 0.15) is 0 Å². The molecular weight excluding hydrogens is 240 g/mol. The number of carbonyl (C=O) groups is 2. The predicted molar refractivity (Wildman–Crippen MR) is 69.6 cm³/mol. The monoisotopic (exact) mass is 262 g/mol. The second-order valence-electron chi connectivity index (χ2n) is 4.35. The number of primary amides is 1. The van der Waals surface area contributed by atoms with Crippen LogP contribution < -0.4 is 11.1 Å². The molecule has 0 saturated carbocycles. The highest BCUT2D eigenvalue weighted by atomic mass is 32.2. The number of hydrogen-bond donors (Lipinski definition) is 3. The molecule has 0 heterocycles. The first kappa shape index (κ1) is 16.2. The van der Waals surface area contributed by atoms with Crippen LogP contribution in [-0.4, -0.2) is 41.1 Å². The number of hydrogen-bond acceptors (Lipinski definition) is 4. The third-order valence-corrected chi connectivity index (χ3v) is 3.04. The van der Waals surface area contributed by atoms with Crippen LogP contribution in [0.3, 0.4) is 0 Å². The fourth-order valence-electron chi connectivity index (χ4n) is 1.39. The van der Waals surface area contributed by atoms with Gasteiger partial charge < -0.3 is 16.2 Å². The van der Waals surface area contributed by atoms with Crippen molar-refractivity contribution in [3.63, 3.8) is 0 Å². The van der Waals surface area contributed by atoms with E-state index in [4.69, 9.17) is 10.8 Å². The second-order valence-corrected chi connectivity index (χ2v) is 5.45. The van der Waals surface area contributed by atoms with Crippen LogP contribution in [0.25, 0.3) is 0 Å². The standard InChI is InChI=1S/C11H22N2O3S/c1-8(2)5-9(6-14)13-11(16)3-4-17-7-10(12)15/h8-9,14H,3-7H2,1-2H3,(H2,12,15)(H,13,16).